The van der Waals surface area contributed by atoms with Crippen molar-refractivity contribution in [1.29, 1.82) is 5.26 Å². The zero-order valence-electron chi connectivity index (χ0n) is 13.7. The van der Waals surface area contributed by atoms with Gasteiger partial charge < -0.3 is 4.57 Å². The van der Waals surface area contributed by atoms with Gasteiger partial charge in [-0.05, 0) is 44.2 Å². The third kappa shape index (κ3) is 2.46. The first kappa shape index (κ1) is 15.2. The molecule has 0 fully saturated rings. The summed E-state index contributed by atoms with van der Waals surface area (Å²) in [6, 6.07) is 10.8. The van der Waals surface area contributed by atoms with E-state index in [9.17, 15) is 5.26 Å². The Morgan fingerprint density at radius 2 is 2.12 bits per heavy atom. The third-order valence-corrected chi connectivity index (χ3v) is 5.95. The lowest BCUT2D eigenvalue weighted by Crippen LogP contribution is -1.99. The van der Waals surface area contributed by atoms with Crippen LogP contribution in [0.15, 0.2) is 35.5 Å². The van der Waals surface area contributed by atoms with E-state index in [2.05, 4.69) is 48.0 Å². The van der Waals surface area contributed by atoms with Crippen LogP contribution >= 0.6 is 11.3 Å². The number of aliphatic imine (C=N–C) groups is 1. The highest BCUT2D eigenvalue weighted by atomic mass is 32.1. The predicted molar refractivity (Wildman–Crippen MR) is 101 cm³/mol. The SMILES string of the molecule is CCn1cc(/C=N/c2sc3c(c2C#N)CCCC3)c2ccccc21. The van der Waals surface area contributed by atoms with E-state index in [4.69, 9.17) is 4.99 Å². The Hall–Kier alpha value is -2.38. The molecule has 0 saturated carbocycles. The van der Waals surface area contributed by atoms with Gasteiger partial charge in [-0.3, -0.25) is 0 Å². The quantitative estimate of drug-likeness (QED) is 0.606. The smallest absolute Gasteiger partial charge is 0.134 e. The largest absolute Gasteiger partial charge is 0.347 e. The second-order valence-corrected chi connectivity index (χ2v) is 7.23. The minimum atomic E-state index is 0.796. The molecule has 0 aliphatic heterocycles. The molecular weight excluding hydrogens is 314 g/mol. The zero-order chi connectivity index (χ0) is 16.5. The van der Waals surface area contributed by atoms with E-state index >= 15 is 0 Å². The molecular formula is C20H19N3S. The van der Waals surface area contributed by atoms with Crippen LogP contribution in [0, 0.1) is 11.3 Å². The molecule has 4 heteroatoms. The first-order valence-electron chi connectivity index (χ1n) is 8.48. The molecule has 4 rings (SSSR count). The van der Waals surface area contributed by atoms with Gasteiger partial charge in [0, 0.05) is 40.3 Å². The second-order valence-electron chi connectivity index (χ2n) is 6.15. The van der Waals surface area contributed by atoms with E-state index in [-0.39, 0.29) is 0 Å². The van der Waals surface area contributed by atoms with Gasteiger partial charge in [-0.1, -0.05) is 18.2 Å². The molecule has 24 heavy (non-hydrogen) atoms. The van der Waals surface area contributed by atoms with Crippen molar-refractivity contribution >= 4 is 33.5 Å². The molecule has 3 nitrogen and oxygen atoms in total. The molecule has 0 amide bonds. The third-order valence-electron chi connectivity index (χ3n) is 4.75. The summed E-state index contributed by atoms with van der Waals surface area (Å²) >= 11 is 1.70. The lowest BCUT2D eigenvalue weighted by atomic mass is 9.96. The number of nitriles is 1. The Balaban J connectivity index is 1.77. The first-order valence-corrected chi connectivity index (χ1v) is 9.30. The van der Waals surface area contributed by atoms with Crippen molar-refractivity contribution < 1.29 is 0 Å². The van der Waals surface area contributed by atoms with E-state index in [0.29, 0.717) is 0 Å². The number of para-hydroxylation sites is 1. The van der Waals surface area contributed by atoms with E-state index < -0.39 is 0 Å². The van der Waals surface area contributed by atoms with Gasteiger partial charge in [-0.25, -0.2) is 4.99 Å². The molecule has 1 aliphatic rings. The van der Waals surface area contributed by atoms with Crippen LogP contribution in [0.3, 0.4) is 0 Å². The first-order chi connectivity index (χ1) is 11.8. The fourth-order valence-electron chi connectivity index (χ4n) is 3.53. The molecule has 2 aromatic heterocycles. The lowest BCUT2D eigenvalue weighted by Gasteiger charge is -2.09. The highest BCUT2D eigenvalue weighted by Crippen LogP contribution is 2.39. The number of hydrogen-bond acceptors (Lipinski definition) is 3. The van der Waals surface area contributed by atoms with Gasteiger partial charge in [0.1, 0.15) is 11.1 Å². The molecule has 0 unspecified atom stereocenters. The van der Waals surface area contributed by atoms with Gasteiger partial charge in [-0.15, -0.1) is 11.3 Å². The van der Waals surface area contributed by atoms with Crippen LogP contribution in [0.4, 0.5) is 5.00 Å². The van der Waals surface area contributed by atoms with Crippen molar-refractivity contribution in [3.05, 3.63) is 52.0 Å². The Morgan fingerprint density at radius 1 is 1.29 bits per heavy atom. The molecule has 0 radical (unpaired) electrons. The molecule has 3 aromatic rings. The van der Waals surface area contributed by atoms with Crippen LogP contribution in [0.25, 0.3) is 10.9 Å². The van der Waals surface area contributed by atoms with Crippen LogP contribution in [0.1, 0.15) is 41.3 Å². The summed E-state index contributed by atoms with van der Waals surface area (Å²) in [5, 5.41) is 11.6. The summed E-state index contributed by atoms with van der Waals surface area (Å²) in [5.41, 5.74) is 4.39. The van der Waals surface area contributed by atoms with E-state index in [1.54, 1.807) is 11.3 Å². The van der Waals surface area contributed by atoms with Crippen molar-refractivity contribution in [3.8, 4) is 6.07 Å². The van der Waals surface area contributed by atoms with Crippen LogP contribution in [0.2, 0.25) is 0 Å². The van der Waals surface area contributed by atoms with Crippen LogP contribution in [-0.2, 0) is 19.4 Å². The molecule has 0 saturated heterocycles. The summed E-state index contributed by atoms with van der Waals surface area (Å²) < 4.78 is 2.24. The van der Waals surface area contributed by atoms with Crippen LogP contribution in [-0.4, -0.2) is 10.8 Å². The standard InChI is InChI=1S/C20H19N3S/c1-2-23-13-14(15-7-3-5-9-18(15)23)12-22-20-17(11-21)16-8-4-6-10-19(16)24-20/h3,5,7,9,12-13H,2,4,6,8,10H2,1H3/b22-12+. The van der Waals surface area contributed by atoms with Gasteiger partial charge in [0.25, 0.3) is 0 Å². The average molecular weight is 333 g/mol. The number of aromatic nitrogens is 1. The summed E-state index contributed by atoms with van der Waals surface area (Å²) in [6.07, 6.45) is 8.61. The van der Waals surface area contributed by atoms with E-state index in [1.807, 2.05) is 6.21 Å². The summed E-state index contributed by atoms with van der Waals surface area (Å²) in [6.45, 7) is 3.08. The van der Waals surface area contributed by atoms with Crippen molar-refractivity contribution in [2.24, 2.45) is 4.99 Å². The molecule has 0 spiro atoms. The van der Waals surface area contributed by atoms with Crippen molar-refractivity contribution in [2.45, 2.75) is 39.2 Å². The summed E-state index contributed by atoms with van der Waals surface area (Å²) in [5.74, 6) is 0. The van der Waals surface area contributed by atoms with Crippen molar-refractivity contribution in [2.75, 3.05) is 0 Å². The molecule has 0 N–H and O–H groups in total. The maximum atomic E-state index is 9.55. The maximum absolute atomic E-state index is 9.55. The Morgan fingerprint density at radius 3 is 2.96 bits per heavy atom. The van der Waals surface area contributed by atoms with Gasteiger partial charge >= 0.3 is 0 Å². The number of benzene rings is 1. The highest BCUT2D eigenvalue weighted by molar-refractivity contribution is 7.16. The van der Waals surface area contributed by atoms with Crippen molar-refractivity contribution in [1.82, 2.24) is 4.57 Å². The van der Waals surface area contributed by atoms with Gasteiger partial charge in [-0.2, -0.15) is 5.26 Å². The zero-order valence-corrected chi connectivity index (χ0v) is 14.6. The Bertz CT molecular complexity index is 969. The fraction of sp³-hybridized carbons (Fsp3) is 0.300. The fourth-order valence-corrected chi connectivity index (χ4v) is 4.71. The van der Waals surface area contributed by atoms with Gasteiger partial charge in [0.2, 0.25) is 0 Å². The number of rotatable bonds is 3. The molecule has 1 aromatic carbocycles. The second kappa shape index (κ2) is 6.26. The average Bonchev–Trinajstić information content (AvgIpc) is 3.17. The Kier molecular flexibility index (Phi) is 3.95. The monoisotopic (exact) mass is 333 g/mol. The topological polar surface area (TPSA) is 41.1 Å². The van der Waals surface area contributed by atoms with Crippen LogP contribution in [0.5, 0.6) is 0 Å². The molecule has 1 aliphatic carbocycles. The lowest BCUT2D eigenvalue weighted by molar-refractivity contribution is 0.696. The minimum absolute atomic E-state index is 0.796. The minimum Gasteiger partial charge on any atom is -0.347 e. The molecule has 0 atom stereocenters. The molecule has 120 valence electrons. The maximum Gasteiger partial charge on any atom is 0.134 e. The van der Waals surface area contributed by atoms with Crippen LogP contribution < -0.4 is 0 Å². The number of hydrogen-bond donors (Lipinski definition) is 0. The molecule has 2 heterocycles. The van der Waals surface area contributed by atoms with E-state index in [0.717, 1.165) is 35.5 Å². The van der Waals surface area contributed by atoms with Gasteiger partial charge in [0.05, 0.1) is 5.56 Å². The predicted octanol–water partition coefficient (Wildman–Crippen LogP) is 5.22. The summed E-state index contributed by atoms with van der Waals surface area (Å²) in [4.78, 5) is 6.07. The Labute approximate surface area is 145 Å². The number of nitrogens with zero attached hydrogens (tertiary/aromatic N) is 3. The normalized spacial score (nSPS) is 14.2. The van der Waals surface area contributed by atoms with Gasteiger partial charge in [0.15, 0.2) is 0 Å². The van der Waals surface area contributed by atoms with Crippen molar-refractivity contribution in [3.63, 3.8) is 0 Å². The van der Waals surface area contributed by atoms with E-state index in [1.165, 1.54) is 34.2 Å². The highest BCUT2D eigenvalue weighted by Gasteiger charge is 2.20. The number of thiophene rings is 1. The molecule has 0 bridgehead atoms. The number of aryl methyl sites for hydroxylation is 2. The number of fused-ring (bicyclic) bond motifs is 2. The summed E-state index contributed by atoms with van der Waals surface area (Å²) in [7, 11) is 0.